The quantitative estimate of drug-likeness (QED) is 0.123. The summed E-state index contributed by atoms with van der Waals surface area (Å²) in [4.78, 5) is 14.4. The molecule has 8 aromatic rings. The van der Waals surface area contributed by atoms with Crippen LogP contribution in [0.3, 0.4) is 0 Å². The van der Waals surface area contributed by atoms with E-state index >= 15 is 0 Å². The van der Waals surface area contributed by atoms with Gasteiger partial charge in [-0.15, -0.1) is 53.6 Å². The molecule has 51 heavy (non-hydrogen) atoms. The summed E-state index contributed by atoms with van der Waals surface area (Å²) in [5, 5.41) is 3.57. The average molecular weight is 863 g/mol. The summed E-state index contributed by atoms with van der Waals surface area (Å²) in [6, 6.07) is 41.5. The molecule has 0 saturated heterocycles. The molecule has 0 aliphatic carbocycles. The predicted octanol–water partition coefficient (Wildman–Crippen LogP) is 10.6. The van der Waals surface area contributed by atoms with Crippen molar-refractivity contribution >= 4 is 46.4 Å². The van der Waals surface area contributed by atoms with Crippen molar-refractivity contribution in [2.75, 3.05) is 0 Å². The third kappa shape index (κ3) is 7.38. The number of hydrogen-bond donors (Lipinski definition) is 0. The Kier molecular flexibility index (Phi) is 10.5. The molecule has 0 aliphatic heterocycles. The minimum atomic E-state index is -1.34. The molecule has 0 saturated carbocycles. The topological polar surface area (TPSA) is 56.7 Å². The number of hydrogen-bond acceptors (Lipinski definition) is 4. The Hall–Kier alpha value is -4.68. The summed E-state index contributed by atoms with van der Waals surface area (Å²) < 4.78 is 8.43. The number of para-hydroxylation sites is 2. The first-order valence-corrected chi connectivity index (χ1v) is 20.8. The van der Waals surface area contributed by atoms with E-state index in [1.165, 1.54) is 10.8 Å². The number of rotatable bonds is 6. The summed E-state index contributed by atoms with van der Waals surface area (Å²) in [5.41, 5.74) is 11.0. The molecule has 259 valence electrons. The SMILES string of the molecule is CC(C)Cc1cc(-c2[c-]cccc2)ncc1[Si](C)(C)C.Cc1c[c-]c(-c2nc3ccccc3n2C)c2oc3nc(-c4ccccc4)ccc3c12.[Ir]. The maximum absolute atomic E-state index is 6.34. The second-order valence-electron chi connectivity index (χ2n) is 14.4. The number of furan rings is 1. The van der Waals surface area contributed by atoms with Crippen molar-refractivity contribution in [3.63, 3.8) is 0 Å². The number of aryl methyl sites for hydroxylation is 2. The van der Waals surface area contributed by atoms with Crippen LogP contribution in [0.15, 0.2) is 114 Å². The molecule has 1 radical (unpaired) electrons. The van der Waals surface area contributed by atoms with Crippen LogP contribution < -0.4 is 5.19 Å². The number of fused-ring (bicyclic) bond motifs is 4. The summed E-state index contributed by atoms with van der Waals surface area (Å²) >= 11 is 0. The summed E-state index contributed by atoms with van der Waals surface area (Å²) in [7, 11) is 0.685. The smallest absolute Gasteiger partial charge is 0.216 e. The monoisotopic (exact) mass is 863 g/mol. The van der Waals surface area contributed by atoms with Crippen molar-refractivity contribution in [3.8, 4) is 33.9 Å². The second kappa shape index (κ2) is 14.9. The van der Waals surface area contributed by atoms with Crippen LogP contribution in [0.2, 0.25) is 19.6 Å². The van der Waals surface area contributed by atoms with E-state index in [2.05, 4.69) is 111 Å². The van der Waals surface area contributed by atoms with Crippen molar-refractivity contribution in [2.24, 2.45) is 13.0 Å². The van der Waals surface area contributed by atoms with E-state index in [1.807, 2.05) is 67.7 Å². The zero-order chi connectivity index (χ0) is 35.0. The summed E-state index contributed by atoms with van der Waals surface area (Å²) in [5.74, 6) is 1.50. The Labute approximate surface area is 315 Å². The van der Waals surface area contributed by atoms with Gasteiger partial charge in [0.15, 0.2) is 0 Å². The van der Waals surface area contributed by atoms with Gasteiger partial charge >= 0.3 is 0 Å². The van der Waals surface area contributed by atoms with Gasteiger partial charge in [0.1, 0.15) is 0 Å². The molecule has 0 atom stereocenters. The first-order chi connectivity index (χ1) is 24.1. The van der Waals surface area contributed by atoms with Crippen LogP contribution in [-0.2, 0) is 33.6 Å². The molecule has 0 amide bonds. The molecule has 0 bridgehead atoms. The van der Waals surface area contributed by atoms with Crippen molar-refractivity contribution in [1.29, 1.82) is 0 Å². The number of pyridine rings is 2. The van der Waals surface area contributed by atoms with Gasteiger partial charge in [-0.25, -0.2) is 4.98 Å². The summed E-state index contributed by atoms with van der Waals surface area (Å²) in [6.45, 7) is 13.8. The van der Waals surface area contributed by atoms with Crippen LogP contribution in [0.4, 0.5) is 0 Å². The number of imidazole rings is 1. The van der Waals surface area contributed by atoms with Crippen LogP contribution in [0.1, 0.15) is 25.0 Å². The second-order valence-corrected chi connectivity index (χ2v) is 19.4. The first kappa shape index (κ1) is 36.1. The zero-order valence-corrected chi connectivity index (χ0v) is 33.6. The van der Waals surface area contributed by atoms with Gasteiger partial charge in [0.2, 0.25) is 5.71 Å². The Morgan fingerprint density at radius 1 is 0.843 bits per heavy atom. The minimum Gasteiger partial charge on any atom is -0.486 e. The van der Waals surface area contributed by atoms with Crippen LogP contribution in [0.5, 0.6) is 0 Å². The van der Waals surface area contributed by atoms with E-state index in [4.69, 9.17) is 14.4 Å². The molecule has 0 spiro atoms. The molecule has 4 heterocycles. The van der Waals surface area contributed by atoms with E-state index in [0.717, 1.165) is 73.3 Å². The number of benzene rings is 4. The predicted molar refractivity (Wildman–Crippen MR) is 210 cm³/mol. The Morgan fingerprint density at radius 3 is 2.29 bits per heavy atom. The molecule has 0 N–H and O–H groups in total. The normalized spacial score (nSPS) is 11.5. The Bertz CT molecular complexity index is 2440. The maximum atomic E-state index is 6.34. The van der Waals surface area contributed by atoms with E-state index in [-0.39, 0.29) is 20.1 Å². The molecule has 4 aromatic heterocycles. The third-order valence-electron chi connectivity index (χ3n) is 9.10. The van der Waals surface area contributed by atoms with Crippen LogP contribution >= 0.6 is 0 Å². The minimum absolute atomic E-state index is 0. The fourth-order valence-electron chi connectivity index (χ4n) is 6.65. The van der Waals surface area contributed by atoms with Gasteiger partial charge in [0.25, 0.3) is 0 Å². The van der Waals surface area contributed by atoms with Gasteiger partial charge in [0, 0.05) is 44.3 Å². The molecular weight excluding hydrogens is 821 g/mol. The molecule has 0 aliphatic rings. The summed E-state index contributed by atoms with van der Waals surface area (Å²) in [6.07, 6.45) is 3.24. The van der Waals surface area contributed by atoms with E-state index in [9.17, 15) is 0 Å². The van der Waals surface area contributed by atoms with E-state index in [1.54, 1.807) is 0 Å². The van der Waals surface area contributed by atoms with E-state index < -0.39 is 8.07 Å². The van der Waals surface area contributed by atoms with Crippen LogP contribution in [-0.4, -0.2) is 27.6 Å². The van der Waals surface area contributed by atoms with Gasteiger partial charge in [0.05, 0.1) is 36.2 Å². The fourth-order valence-corrected chi connectivity index (χ4v) is 8.24. The third-order valence-corrected chi connectivity index (χ3v) is 11.2. The van der Waals surface area contributed by atoms with Gasteiger partial charge in [-0.2, -0.15) is 0 Å². The van der Waals surface area contributed by atoms with Crippen molar-refractivity contribution < 1.29 is 24.5 Å². The van der Waals surface area contributed by atoms with Crippen molar-refractivity contribution in [2.45, 2.75) is 46.8 Å². The first-order valence-electron chi connectivity index (χ1n) is 17.3. The van der Waals surface area contributed by atoms with Crippen molar-refractivity contribution in [1.82, 2.24) is 19.5 Å². The number of nitrogens with zero attached hydrogens (tertiary/aromatic N) is 4. The van der Waals surface area contributed by atoms with Gasteiger partial charge in [-0.3, -0.25) is 4.98 Å². The molecule has 7 heteroatoms. The maximum Gasteiger partial charge on any atom is 0.216 e. The van der Waals surface area contributed by atoms with Crippen LogP contribution in [0.25, 0.3) is 67.0 Å². The standard InChI is InChI=1S/C26H18N3O.C18H24NSi.Ir/c1-16-12-13-19(25-27-21-10-6-7-11-22(21)29(25)2)24-23(16)18-14-15-20(28-26(18)30-24)17-8-4-3-5-9-17;1-14(2)11-16-12-17(15-9-7-6-8-10-15)19-13-18(16)20(3,4)5;/h3-12,14-15H,1-2H3;6-9,12-14H,11H2,1-5H3;/q2*-1;. The molecule has 5 nitrogen and oxygen atoms in total. The molecule has 8 rings (SSSR count). The molecule has 4 aromatic carbocycles. The van der Waals surface area contributed by atoms with Gasteiger partial charge in [-0.05, 0) is 47.5 Å². The largest absolute Gasteiger partial charge is 0.486 e. The van der Waals surface area contributed by atoms with Crippen molar-refractivity contribution in [3.05, 3.63) is 133 Å². The zero-order valence-electron chi connectivity index (χ0n) is 30.2. The van der Waals surface area contributed by atoms with Gasteiger partial charge in [-0.1, -0.05) is 105 Å². The van der Waals surface area contributed by atoms with E-state index in [0.29, 0.717) is 11.6 Å². The fraction of sp³-hybridized carbons (Fsp3) is 0.205. The van der Waals surface area contributed by atoms with Crippen LogP contribution in [0, 0.1) is 25.0 Å². The Morgan fingerprint density at radius 2 is 1.59 bits per heavy atom. The average Bonchev–Trinajstić information content (AvgIpc) is 3.67. The number of aromatic nitrogens is 4. The van der Waals surface area contributed by atoms with Gasteiger partial charge < -0.3 is 14.0 Å². The molecule has 0 fully saturated rings. The molecular formula is C44H42IrN4OSi-2. The Balaban J connectivity index is 0.000000188. The molecule has 0 unspecified atom stereocenters.